The van der Waals surface area contributed by atoms with Gasteiger partial charge in [-0.2, -0.15) is 0 Å². The Morgan fingerprint density at radius 3 is 2.61 bits per heavy atom. The first-order valence-electron chi connectivity index (χ1n) is 8.31. The molecule has 130 valence electrons. The summed E-state index contributed by atoms with van der Waals surface area (Å²) in [6, 6.07) is 5.62. The smallest absolute Gasteiger partial charge is 0.124 e. The van der Waals surface area contributed by atoms with Crippen LogP contribution in [0.4, 0.5) is 0 Å². The van der Waals surface area contributed by atoms with Crippen molar-refractivity contribution in [3.05, 3.63) is 23.8 Å². The highest BCUT2D eigenvalue weighted by molar-refractivity contribution is 5.39. The quantitative estimate of drug-likeness (QED) is 0.796. The fourth-order valence-corrected chi connectivity index (χ4v) is 2.90. The van der Waals surface area contributed by atoms with Gasteiger partial charge in [-0.1, -0.05) is 6.92 Å². The van der Waals surface area contributed by atoms with Crippen LogP contribution in [0.2, 0.25) is 0 Å². The Labute approximate surface area is 139 Å². The number of aliphatic hydroxyl groups is 1. The van der Waals surface area contributed by atoms with Gasteiger partial charge in [-0.05, 0) is 50.0 Å². The summed E-state index contributed by atoms with van der Waals surface area (Å²) in [4.78, 5) is 2.32. The standard InChI is InChI=1S/C18H29NO4/c1-14-6-8-19(9-7-14)11-16(20)13-23-12-15-10-17(21-2)4-5-18(15)22-3/h4-5,10,14,16,20H,6-9,11-13H2,1-3H3/t16-/m0/s1. The summed E-state index contributed by atoms with van der Waals surface area (Å²) in [5, 5.41) is 10.1. The van der Waals surface area contributed by atoms with Crippen molar-refractivity contribution in [2.75, 3.05) is 40.5 Å². The van der Waals surface area contributed by atoms with Crippen LogP contribution in [0.1, 0.15) is 25.3 Å². The number of benzene rings is 1. The van der Waals surface area contributed by atoms with Crippen molar-refractivity contribution in [3.8, 4) is 11.5 Å². The van der Waals surface area contributed by atoms with Crippen molar-refractivity contribution in [2.24, 2.45) is 5.92 Å². The van der Waals surface area contributed by atoms with Gasteiger partial charge in [-0.3, -0.25) is 0 Å². The number of aliphatic hydroxyl groups excluding tert-OH is 1. The molecule has 5 heteroatoms. The van der Waals surface area contributed by atoms with E-state index in [-0.39, 0.29) is 0 Å². The molecule has 1 aromatic rings. The number of β-amino-alcohol motifs (C(OH)–C–C–N with tert-alkyl or cyclic N) is 1. The average molecular weight is 323 g/mol. The molecule has 0 unspecified atom stereocenters. The lowest BCUT2D eigenvalue weighted by atomic mass is 9.99. The predicted molar refractivity (Wildman–Crippen MR) is 90.0 cm³/mol. The Morgan fingerprint density at radius 1 is 1.22 bits per heavy atom. The fraction of sp³-hybridized carbons (Fsp3) is 0.667. The van der Waals surface area contributed by atoms with E-state index in [1.807, 2.05) is 18.2 Å². The van der Waals surface area contributed by atoms with Crippen LogP contribution in [-0.2, 0) is 11.3 Å². The maximum absolute atomic E-state index is 10.1. The highest BCUT2D eigenvalue weighted by Gasteiger charge is 2.18. The molecule has 1 atom stereocenters. The summed E-state index contributed by atoms with van der Waals surface area (Å²) in [6.45, 7) is 5.84. The number of piperidine rings is 1. The lowest BCUT2D eigenvalue weighted by Gasteiger charge is -2.31. The Bertz CT molecular complexity index is 472. The maximum Gasteiger partial charge on any atom is 0.124 e. The van der Waals surface area contributed by atoms with Crippen molar-refractivity contribution < 1.29 is 19.3 Å². The van der Waals surface area contributed by atoms with E-state index in [1.165, 1.54) is 12.8 Å². The molecule has 0 bridgehead atoms. The highest BCUT2D eigenvalue weighted by Crippen LogP contribution is 2.24. The van der Waals surface area contributed by atoms with Crippen LogP contribution in [0.3, 0.4) is 0 Å². The molecule has 0 aliphatic carbocycles. The fourth-order valence-electron chi connectivity index (χ4n) is 2.90. The number of hydrogen-bond donors (Lipinski definition) is 1. The van der Waals surface area contributed by atoms with Crippen LogP contribution in [0.5, 0.6) is 11.5 Å². The summed E-state index contributed by atoms with van der Waals surface area (Å²) >= 11 is 0. The van der Waals surface area contributed by atoms with Gasteiger partial charge in [0.15, 0.2) is 0 Å². The molecule has 5 nitrogen and oxygen atoms in total. The van der Waals surface area contributed by atoms with Crippen LogP contribution in [0.15, 0.2) is 18.2 Å². The van der Waals surface area contributed by atoms with Crippen molar-refractivity contribution >= 4 is 0 Å². The summed E-state index contributed by atoms with van der Waals surface area (Å²) < 4.78 is 16.2. The van der Waals surface area contributed by atoms with Gasteiger partial charge in [0.2, 0.25) is 0 Å². The number of methoxy groups -OCH3 is 2. The van der Waals surface area contributed by atoms with E-state index in [2.05, 4.69) is 11.8 Å². The normalized spacial score (nSPS) is 17.9. The number of ether oxygens (including phenoxy) is 3. The van der Waals surface area contributed by atoms with Crippen molar-refractivity contribution in [3.63, 3.8) is 0 Å². The molecule has 1 aliphatic rings. The van der Waals surface area contributed by atoms with Gasteiger partial charge in [-0.15, -0.1) is 0 Å². The first kappa shape index (κ1) is 18.0. The summed E-state index contributed by atoms with van der Waals surface area (Å²) in [5.41, 5.74) is 0.922. The molecule has 0 amide bonds. The summed E-state index contributed by atoms with van der Waals surface area (Å²) in [6.07, 6.45) is 1.98. The Balaban J connectivity index is 1.75. The van der Waals surface area contributed by atoms with E-state index in [1.54, 1.807) is 14.2 Å². The molecule has 0 radical (unpaired) electrons. The molecule has 1 aromatic carbocycles. The van der Waals surface area contributed by atoms with E-state index < -0.39 is 6.10 Å². The van der Waals surface area contributed by atoms with Gasteiger partial charge in [0.25, 0.3) is 0 Å². The Kier molecular flexibility index (Phi) is 7.15. The third-order valence-electron chi connectivity index (χ3n) is 4.40. The zero-order chi connectivity index (χ0) is 16.7. The van der Waals surface area contributed by atoms with E-state index in [9.17, 15) is 5.11 Å². The van der Waals surface area contributed by atoms with E-state index in [0.717, 1.165) is 36.1 Å². The van der Waals surface area contributed by atoms with Crippen LogP contribution >= 0.6 is 0 Å². The molecule has 1 heterocycles. The predicted octanol–water partition coefficient (Wildman–Crippen LogP) is 2.31. The first-order valence-corrected chi connectivity index (χ1v) is 8.31. The van der Waals surface area contributed by atoms with Crippen molar-refractivity contribution in [1.82, 2.24) is 4.90 Å². The zero-order valence-corrected chi connectivity index (χ0v) is 14.5. The minimum atomic E-state index is -0.458. The molecular weight excluding hydrogens is 294 g/mol. The van der Waals surface area contributed by atoms with Gasteiger partial charge >= 0.3 is 0 Å². The topological polar surface area (TPSA) is 51.2 Å². The van der Waals surface area contributed by atoms with Gasteiger partial charge in [-0.25, -0.2) is 0 Å². The summed E-state index contributed by atoms with van der Waals surface area (Å²) in [7, 11) is 3.27. The van der Waals surface area contributed by atoms with Gasteiger partial charge in [0.1, 0.15) is 11.5 Å². The van der Waals surface area contributed by atoms with Gasteiger partial charge in [0, 0.05) is 12.1 Å². The highest BCUT2D eigenvalue weighted by atomic mass is 16.5. The second-order valence-corrected chi connectivity index (χ2v) is 6.33. The lowest BCUT2D eigenvalue weighted by Crippen LogP contribution is -2.39. The minimum Gasteiger partial charge on any atom is -0.497 e. The minimum absolute atomic E-state index is 0.326. The third-order valence-corrected chi connectivity index (χ3v) is 4.40. The Hall–Kier alpha value is -1.30. The summed E-state index contributed by atoms with van der Waals surface area (Å²) in [5.74, 6) is 2.35. The van der Waals surface area contributed by atoms with Crippen LogP contribution in [-0.4, -0.2) is 56.6 Å². The molecule has 0 aromatic heterocycles. The molecule has 0 spiro atoms. The third kappa shape index (κ3) is 5.68. The number of likely N-dealkylation sites (tertiary alicyclic amines) is 1. The zero-order valence-electron chi connectivity index (χ0n) is 14.5. The lowest BCUT2D eigenvalue weighted by molar-refractivity contribution is 0.00449. The number of rotatable bonds is 8. The second kappa shape index (κ2) is 9.11. The number of nitrogens with zero attached hydrogens (tertiary/aromatic N) is 1. The van der Waals surface area contributed by atoms with E-state index >= 15 is 0 Å². The van der Waals surface area contributed by atoms with Crippen molar-refractivity contribution in [2.45, 2.75) is 32.5 Å². The molecule has 2 rings (SSSR count). The molecule has 1 N–H and O–H groups in total. The largest absolute Gasteiger partial charge is 0.497 e. The van der Waals surface area contributed by atoms with Gasteiger partial charge < -0.3 is 24.2 Å². The Morgan fingerprint density at radius 2 is 1.96 bits per heavy atom. The van der Waals surface area contributed by atoms with Crippen LogP contribution in [0, 0.1) is 5.92 Å². The molecule has 1 fully saturated rings. The first-order chi connectivity index (χ1) is 11.1. The maximum atomic E-state index is 10.1. The number of hydrogen-bond acceptors (Lipinski definition) is 5. The molecule has 0 saturated carbocycles. The SMILES string of the molecule is COc1ccc(OC)c(COC[C@@H](O)CN2CCC(C)CC2)c1. The second-order valence-electron chi connectivity index (χ2n) is 6.33. The molecule has 23 heavy (non-hydrogen) atoms. The average Bonchev–Trinajstić information content (AvgIpc) is 2.57. The molecule has 1 aliphatic heterocycles. The molecular formula is C18H29NO4. The van der Waals surface area contributed by atoms with Gasteiger partial charge in [0.05, 0.1) is 33.5 Å². The monoisotopic (exact) mass is 323 g/mol. The van der Waals surface area contributed by atoms with Crippen LogP contribution in [0.25, 0.3) is 0 Å². The van der Waals surface area contributed by atoms with E-state index in [0.29, 0.717) is 19.8 Å². The van der Waals surface area contributed by atoms with Crippen LogP contribution < -0.4 is 9.47 Å². The van der Waals surface area contributed by atoms with E-state index in [4.69, 9.17) is 14.2 Å². The molecule has 1 saturated heterocycles. The van der Waals surface area contributed by atoms with Crippen molar-refractivity contribution in [1.29, 1.82) is 0 Å².